The van der Waals surface area contributed by atoms with Crippen LogP contribution in [-0.4, -0.2) is 17.1 Å². The van der Waals surface area contributed by atoms with Crippen LogP contribution in [0, 0.1) is 0 Å². The Hall–Kier alpha value is -2.10. The van der Waals surface area contributed by atoms with Crippen molar-refractivity contribution in [3.8, 4) is 5.75 Å². The predicted molar refractivity (Wildman–Crippen MR) is 62.4 cm³/mol. The van der Waals surface area contributed by atoms with Gasteiger partial charge in [-0.05, 0) is 18.2 Å². The minimum atomic E-state index is 0.676. The van der Waals surface area contributed by atoms with Crippen LogP contribution >= 0.6 is 0 Å². The molecular weight excluding hydrogens is 202 g/mol. The summed E-state index contributed by atoms with van der Waals surface area (Å²) in [6, 6.07) is 9.68. The summed E-state index contributed by atoms with van der Waals surface area (Å²) in [5, 5.41) is 3.27. The van der Waals surface area contributed by atoms with Gasteiger partial charge in [-0.2, -0.15) is 0 Å². The molecule has 1 heterocycles. The van der Waals surface area contributed by atoms with Crippen LogP contribution in [0.2, 0.25) is 0 Å². The molecule has 0 radical (unpaired) electrons. The second-order valence-corrected chi connectivity index (χ2v) is 3.29. The largest absolute Gasteiger partial charge is 0.497 e. The average molecular weight is 215 g/mol. The third-order valence-corrected chi connectivity index (χ3v) is 2.19. The molecule has 1 aromatic heterocycles. The zero-order chi connectivity index (χ0) is 11.2. The molecule has 0 spiro atoms. The zero-order valence-corrected chi connectivity index (χ0v) is 9.05. The Labute approximate surface area is 94.3 Å². The molecule has 82 valence electrons. The summed E-state index contributed by atoms with van der Waals surface area (Å²) in [6.45, 7) is 0.676. The van der Waals surface area contributed by atoms with Gasteiger partial charge in [0.2, 0.25) is 0 Å². The van der Waals surface area contributed by atoms with Gasteiger partial charge >= 0.3 is 0 Å². The molecule has 0 fully saturated rings. The smallest absolute Gasteiger partial charge is 0.120 e. The van der Waals surface area contributed by atoms with E-state index in [9.17, 15) is 0 Å². The molecule has 0 aliphatic rings. The molecule has 2 aromatic rings. The quantitative estimate of drug-likeness (QED) is 0.848. The summed E-state index contributed by atoms with van der Waals surface area (Å²) >= 11 is 0. The van der Waals surface area contributed by atoms with Crippen LogP contribution in [0.3, 0.4) is 0 Å². The highest BCUT2D eigenvalue weighted by Crippen LogP contribution is 2.16. The Morgan fingerprint density at radius 2 is 2.25 bits per heavy atom. The van der Waals surface area contributed by atoms with Gasteiger partial charge in [-0.25, -0.2) is 9.97 Å². The maximum Gasteiger partial charge on any atom is 0.120 e. The van der Waals surface area contributed by atoms with E-state index in [-0.39, 0.29) is 0 Å². The van der Waals surface area contributed by atoms with Crippen molar-refractivity contribution >= 4 is 5.69 Å². The van der Waals surface area contributed by atoms with Gasteiger partial charge in [0.15, 0.2) is 0 Å². The van der Waals surface area contributed by atoms with Gasteiger partial charge in [-0.15, -0.1) is 0 Å². The van der Waals surface area contributed by atoms with Gasteiger partial charge in [0.25, 0.3) is 0 Å². The van der Waals surface area contributed by atoms with Crippen LogP contribution in [-0.2, 0) is 6.54 Å². The third kappa shape index (κ3) is 2.70. The maximum absolute atomic E-state index is 5.14. The van der Waals surface area contributed by atoms with E-state index in [4.69, 9.17) is 4.74 Å². The standard InChI is InChI=1S/C12H13N3O/c1-16-12-4-2-3-10(7-12)14-8-11-5-6-13-9-15-11/h2-7,9,14H,8H2,1H3. The van der Waals surface area contributed by atoms with Crippen molar-refractivity contribution in [2.24, 2.45) is 0 Å². The van der Waals surface area contributed by atoms with E-state index in [0.29, 0.717) is 6.54 Å². The highest BCUT2D eigenvalue weighted by Gasteiger charge is 1.96. The summed E-state index contributed by atoms with van der Waals surface area (Å²) in [5.41, 5.74) is 1.97. The number of benzene rings is 1. The number of anilines is 1. The van der Waals surface area contributed by atoms with Crippen molar-refractivity contribution < 1.29 is 4.74 Å². The molecule has 0 amide bonds. The Morgan fingerprint density at radius 1 is 1.31 bits per heavy atom. The van der Waals surface area contributed by atoms with Gasteiger partial charge in [0, 0.05) is 18.0 Å². The first-order valence-electron chi connectivity index (χ1n) is 5.01. The summed E-state index contributed by atoms with van der Waals surface area (Å²) in [5.74, 6) is 0.840. The van der Waals surface area contributed by atoms with Crippen molar-refractivity contribution in [3.05, 3.63) is 48.5 Å². The predicted octanol–water partition coefficient (Wildman–Crippen LogP) is 2.10. The number of hydrogen-bond acceptors (Lipinski definition) is 4. The van der Waals surface area contributed by atoms with E-state index in [1.54, 1.807) is 19.6 Å². The van der Waals surface area contributed by atoms with Crippen LogP contribution < -0.4 is 10.1 Å². The van der Waals surface area contributed by atoms with E-state index in [1.165, 1.54) is 0 Å². The van der Waals surface area contributed by atoms with Crippen molar-refractivity contribution in [1.82, 2.24) is 9.97 Å². The Balaban J connectivity index is 1.99. The maximum atomic E-state index is 5.14. The summed E-state index contributed by atoms with van der Waals surface area (Å²) in [6.07, 6.45) is 3.28. The van der Waals surface area contributed by atoms with Gasteiger partial charge in [0.05, 0.1) is 19.3 Å². The topological polar surface area (TPSA) is 47.0 Å². The van der Waals surface area contributed by atoms with Crippen LogP contribution in [0.15, 0.2) is 42.9 Å². The van der Waals surface area contributed by atoms with Gasteiger partial charge < -0.3 is 10.1 Å². The number of nitrogens with one attached hydrogen (secondary N) is 1. The first-order valence-corrected chi connectivity index (χ1v) is 5.01. The Morgan fingerprint density at radius 3 is 3.00 bits per heavy atom. The van der Waals surface area contributed by atoms with Gasteiger partial charge in [0.1, 0.15) is 12.1 Å². The number of aromatic nitrogens is 2. The lowest BCUT2D eigenvalue weighted by atomic mass is 10.3. The van der Waals surface area contributed by atoms with Crippen molar-refractivity contribution in [3.63, 3.8) is 0 Å². The molecule has 4 nitrogen and oxygen atoms in total. The fourth-order valence-electron chi connectivity index (χ4n) is 1.35. The van der Waals surface area contributed by atoms with Gasteiger partial charge in [-0.3, -0.25) is 0 Å². The van der Waals surface area contributed by atoms with E-state index in [2.05, 4.69) is 15.3 Å². The second kappa shape index (κ2) is 5.11. The Bertz CT molecular complexity index is 445. The molecule has 0 atom stereocenters. The van der Waals surface area contributed by atoms with E-state index in [1.807, 2.05) is 30.3 Å². The minimum Gasteiger partial charge on any atom is -0.497 e. The molecule has 0 unspecified atom stereocenters. The lowest BCUT2D eigenvalue weighted by Crippen LogP contribution is -2.01. The fraction of sp³-hybridized carbons (Fsp3) is 0.167. The van der Waals surface area contributed by atoms with Crippen LogP contribution in [0.1, 0.15) is 5.69 Å². The summed E-state index contributed by atoms with van der Waals surface area (Å²) < 4.78 is 5.14. The summed E-state index contributed by atoms with van der Waals surface area (Å²) in [7, 11) is 1.66. The SMILES string of the molecule is COc1cccc(NCc2ccncn2)c1. The van der Waals surface area contributed by atoms with Crippen molar-refractivity contribution in [1.29, 1.82) is 0 Å². The zero-order valence-electron chi connectivity index (χ0n) is 9.05. The molecule has 2 rings (SSSR count). The number of hydrogen-bond donors (Lipinski definition) is 1. The minimum absolute atomic E-state index is 0.676. The lowest BCUT2D eigenvalue weighted by molar-refractivity contribution is 0.415. The van der Waals surface area contributed by atoms with Crippen LogP contribution in [0.25, 0.3) is 0 Å². The second-order valence-electron chi connectivity index (χ2n) is 3.29. The van der Waals surface area contributed by atoms with E-state index >= 15 is 0 Å². The molecule has 0 saturated carbocycles. The Kier molecular flexibility index (Phi) is 3.33. The molecule has 4 heteroatoms. The first kappa shape index (κ1) is 10.4. The van der Waals surface area contributed by atoms with Crippen LogP contribution in [0.5, 0.6) is 5.75 Å². The number of ether oxygens (including phenoxy) is 1. The lowest BCUT2D eigenvalue weighted by Gasteiger charge is -2.07. The first-order chi connectivity index (χ1) is 7.88. The van der Waals surface area contributed by atoms with Gasteiger partial charge in [-0.1, -0.05) is 6.07 Å². The monoisotopic (exact) mass is 215 g/mol. The molecular formula is C12H13N3O. The molecule has 1 N–H and O–H groups in total. The fourth-order valence-corrected chi connectivity index (χ4v) is 1.35. The number of methoxy groups -OCH3 is 1. The molecule has 0 bridgehead atoms. The average Bonchev–Trinajstić information content (AvgIpc) is 2.38. The molecule has 16 heavy (non-hydrogen) atoms. The molecule has 1 aromatic carbocycles. The molecule has 0 aliphatic heterocycles. The van der Waals surface area contributed by atoms with Crippen molar-refractivity contribution in [2.75, 3.05) is 12.4 Å². The highest BCUT2D eigenvalue weighted by molar-refractivity contribution is 5.48. The van der Waals surface area contributed by atoms with E-state index in [0.717, 1.165) is 17.1 Å². The number of rotatable bonds is 4. The molecule has 0 aliphatic carbocycles. The summed E-state index contributed by atoms with van der Waals surface area (Å²) in [4.78, 5) is 8.00. The normalized spacial score (nSPS) is 9.81. The molecule has 0 saturated heterocycles. The van der Waals surface area contributed by atoms with Crippen LogP contribution in [0.4, 0.5) is 5.69 Å². The van der Waals surface area contributed by atoms with Crippen molar-refractivity contribution in [2.45, 2.75) is 6.54 Å². The number of nitrogens with zero attached hydrogens (tertiary/aromatic N) is 2. The van der Waals surface area contributed by atoms with E-state index < -0.39 is 0 Å². The third-order valence-electron chi connectivity index (χ3n) is 2.19. The highest BCUT2D eigenvalue weighted by atomic mass is 16.5.